The van der Waals surface area contributed by atoms with Gasteiger partial charge in [-0.25, -0.2) is 5.06 Å². The number of fused-ring (bicyclic) bond motifs is 3. The Labute approximate surface area is 152 Å². The Balaban J connectivity index is 1.97. The second-order valence-corrected chi connectivity index (χ2v) is 6.98. The van der Waals surface area contributed by atoms with Crippen LogP contribution in [0.2, 0.25) is 0 Å². The maximum Gasteiger partial charge on any atom is 0.294 e. The minimum atomic E-state index is -0.0748. The first-order valence-electron chi connectivity index (χ1n) is 9.19. The van der Waals surface area contributed by atoms with E-state index in [1.54, 1.807) is 7.11 Å². The Morgan fingerprint density at radius 1 is 1.27 bits per heavy atom. The Bertz CT molecular complexity index is 948. The molecular weight excluding hydrogens is 330 g/mol. The SMILES string of the molecule is COCCn1c(C(=O)N2CCCO2)cc2c1c1ccccc1n2C(C)C. The van der Waals surface area contributed by atoms with Gasteiger partial charge in [-0.05, 0) is 32.4 Å². The van der Waals surface area contributed by atoms with Crippen LogP contribution in [-0.4, -0.2) is 47.0 Å². The molecule has 0 N–H and O–H groups in total. The van der Waals surface area contributed by atoms with Crippen LogP contribution in [-0.2, 0) is 16.1 Å². The molecular formula is C20H25N3O3. The summed E-state index contributed by atoms with van der Waals surface area (Å²) in [5.74, 6) is -0.0748. The standard InChI is InChI=1S/C20H25N3O3/c1-14(2)23-16-8-5-4-7-15(16)19-17(23)13-18(21(19)10-12-25-3)20(24)22-9-6-11-26-22/h4-5,7-8,13-14H,6,9-12H2,1-3H3. The summed E-state index contributed by atoms with van der Waals surface area (Å²) < 4.78 is 9.70. The summed E-state index contributed by atoms with van der Waals surface area (Å²) in [6.45, 7) is 6.76. The maximum absolute atomic E-state index is 13.0. The average Bonchev–Trinajstić information content (AvgIpc) is 3.34. The number of para-hydroxylation sites is 1. The van der Waals surface area contributed by atoms with Crippen molar-refractivity contribution in [3.63, 3.8) is 0 Å². The second kappa shape index (κ2) is 6.78. The average molecular weight is 355 g/mol. The number of carbonyl (C=O) groups excluding carboxylic acids is 1. The number of benzene rings is 1. The zero-order valence-corrected chi connectivity index (χ0v) is 15.6. The van der Waals surface area contributed by atoms with Gasteiger partial charge in [0.15, 0.2) is 0 Å². The van der Waals surface area contributed by atoms with Crippen molar-refractivity contribution in [3.05, 3.63) is 36.0 Å². The van der Waals surface area contributed by atoms with Crippen molar-refractivity contribution in [1.29, 1.82) is 0 Å². The first kappa shape index (κ1) is 17.1. The summed E-state index contributed by atoms with van der Waals surface area (Å²) in [5, 5.41) is 2.65. The monoisotopic (exact) mass is 355 g/mol. The third kappa shape index (κ3) is 2.61. The van der Waals surface area contributed by atoms with Gasteiger partial charge in [0, 0.05) is 25.1 Å². The van der Waals surface area contributed by atoms with E-state index in [2.05, 4.69) is 41.2 Å². The van der Waals surface area contributed by atoms with Gasteiger partial charge in [-0.3, -0.25) is 9.63 Å². The molecule has 1 aromatic carbocycles. The van der Waals surface area contributed by atoms with E-state index in [1.165, 1.54) is 10.6 Å². The molecule has 4 rings (SSSR count). The fourth-order valence-corrected chi connectivity index (χ4v) is 3.90. The zero-order valence-electron chi connectivity index (χ0n) is 15.6. The van der Waals surface area contributed by atoms with E-state index in [-0.39, 0.29) is 5.91 Å². The van der Waals surface area contributed by atoms with Crippen LogP contribution in [0.5, 0.6) is 0 Å². The summed E-state index contributed by atoms with van der Waals surface area (Å²) in [6.07, 6.45) is 0.880. The Morgan fingerprint density at radius 3 is 2.77 bits per heavy atom. The van der Waals surface area contributed by atoms with Gasteiger partial charge in [0.1, 0.15) is 5.69 Å². The van der Waals surface area contributed by atoms with Crippen molar-refractivity contribution in [2.24, 2.45) is 0 Å². The van der Waals surface area contributed by atoms with E-state index >= 15 is 0 Å². The van der Waals surface area contributed by atoms with Crippen LogP contribution in [0.4, 0.5) is 0 Å². The van der Waals surface area contributed by atoms with Crippen LogP contribution in [0.3, 0.4) is 0 Å². The lowest BCUT2D eigenvalue weighted by atomic mass is 10.2. The van der Waals surface area contributed by atoms with Crippen molar-refractivity contribution in [2.45, 2.75) is 32.9 Å². The van der Waals surface area contributed by atoms with E-state index in [0.717, 1.165) is 22.8 Å². The number of ether oxygens (including phenoxy) is 1. The number of aromatic nitrogens is 2. The molecule has 0 radical (unpaired) electrons. The molecule has 1 fully saturated rings. The summed E-state index contributed by atoms with van der Waals surface area (Å²) in [5.41, 5.74) is 4.03. The van der Waals surface area contributed by atoms with Gasteiger partial charge < -0.3 is 13.9 Å². The highest BCUT2D eigenvalue weighted by Crippen LogP contribution is 2.34. The number of amides is 1. The molecule has 0 atom stereocenters. The lowest BCUT2D eigenvalue weighted by Gasteiger charge is -2.16. The number of rotatable bonds is 5. The maximum atomic E-state index is 13.0. The van der Waals surface area contributed by atoms with Crippen molar-refractivity contribution in [1.82, 2.24) is 14.2 Å². The molecule has 1 amide bonds. The highest BCUT2D eigenvalue weighted by Gasteiger charge is 2.27. The van der Waals surface area contributed by atoms with Crippen molar-refractivity contribution >= 4 is 27.8 Å². The van der Waals surface area contributed by atoms with Gasteiger partial charge in [-0.1, -0.05) is 18.2 Å². The van der Waals surface area contributed by atoms with Crippen molar-refractivity contribution in [2.75, 3.05) is 26.9 Å². The van der Waals surface area contributed by atoms with Crippen LogP contribution in [0.25, 0.3) is 21.9 Å². The fourth-order valence-electron chi connectivity index (χ4n) is 3.90. The molecule has 2 aromatic heterocycles. The Kier molecular flexibility index (Phi) is 4.46. The highest BCUT2D eigenvalue weighted by molar-refractivity contribution is 6.10. The highest BCUT2D eigenvalue weighted by atomic mass is 16.7. The summed E-state index contributed by atoms with van der Waals surface area (Å²) in [4.78, 5) is 18.5. The molecule has 26 heavy (non-hydrogen) atoms. The second-order valence-electron chi connectivity index (χ2n) is 6.98. The van der Waals surface area contributed by atoms with E-state index < -0.39 is 0 Å². The topological polar surface area (TPSA) is 48.6 Å². The smallest absolute Gasteiger partial charge is 0.294 e. The number of hydrogen-bond acceptors (Lipinski definition) is 3. The van der Waals surface area contributed by atoms with Gasteiger partial charge in [-0.2, -0.15) is 0 Å². The number of hydroxylamine groups is 2. The molecule has 1 aliphatic rings. The van der Waals surface area contributed by atoms with Crippen LogP contribution >= 0.6 is 0 Å². The lowest BCUT2D eigenvalue weighted by molar-refractivity contribution is -0.0774. The summed E-state index contributed by atoms with van der Waals surface area (Å²) in [7, 11) is 1.68. The molecule has 6 heteroatoms. The number of carbonyl (C=O) groups is 1. The largest absolute Gasteiger partial charge is 0.383 e. The van der Waals surface area contributed by atoms with Crippen LogP contribution in [0.15, 0.2) is 30.3 Å². The van der Waals surface area contributed by atoms with Crippen LogP contribution in [0, 0.1) is 0 Å². The lowest BCUT2D eigenvalue weighted by Crippen LogP contribution is -2.29. The molecule has 3 aromatic rings. The van der Waals surface area contributed by atoms with Crippen molar-refractivity contribution in [3.8, 4) is 0 Å². The minimum absolute atomic E-state index is 0.0748. The third-order valence-electron chi connectivity index (χ3n) is 4.99. The van der Waals surface area contributed by atoms with E-state index in [0.29, 0.717) is 38.0 Å². The van der Waals surface area contributed by atoms with Gasteiger partial charge >= 0.3 is 0 Å². The molecule has 1 aliphatic heterocycles. The molecule has 3 heterocycles. The molecule has 0 bridgehead atoms. The fraction of sp³-hybridized carbons (Fsp3) is 0.450. The molecule has 138 valence electrons. The molecule has 0 spiro atoms. The molecule has 6 nitrogen and oxygen atoms in total. The first-order valence-corrected chi connectivity index (χ1v) is 9.19. The van der Waals surface area contributed by atoms with Crippen LogP contribution < -0.4 is 0 Å². The quantitative estimate of drug-likeness (QED) is 0.703. The molecule has 0 aliphatic carbocycles. The van der Waals surface area contributed by atoms with Gasteiger partial charge in [0.25, 0.3) is 5.91 Å². The minimum Gasteiger partial charge on any atom is -0.383 e. The van der Waals surface area contributed by atoms with Crippen LogP contribution in [0.1, 0.15) is 36.8 Å². The molecule has 1 saturated heterocycles. The third-order valence-corrected chi connectivity index (χ3v) is 4.99. The normalized spacial score (nSPS) is 15.0. The summed E-state index contributed by atoms with van der Waals surface area (Å²) >= 11 is 0. The van der Waals surface area contributed by atoms with E-state index in [9.17, 15) is 4.79 Å². The van der Waals surface area contributed by atoms with Gasteiger partial charge in [0.05, 0.1) is 36.3 Å². The van der Waals surface area contributed by atoms with Gasteiger partial charge in [-0.15, -0.1) is 0 Å². The first-order chi connectivity index (χ1) is 12.6. The van der Waals surface area contributed by atoms with Crippen molar-refractivity contribution < 1.29 is 14.4 Å². The van der Waals surface area contributed by atoms with Gasteiger partial charge in [0.2, 0.25) is 0 Å². The summed E-state index contributed by atoms with van der Waals surface area (Å²) in [6, 6.07) is 10.7. The Morgan fingerprint density at radius 2 is 2.08 bits per heavy atom. The molecule has 0 unspecified atom stereocenters. The number of nitrogens with zero attached hydrogens (tertiary/aromatic N) is 3. The molecule has 0 saturated carbocycles. The predicted molar refractivity (Wildman–Crippen MR) is 101 cm³/mol. The predicted octanol–water partition coefficient (Wildman–Crippen LogP) is 3.60. The van der Waals surface area contributed by atoms with E-state index in [1.807, 2.05) is 12.1 Å². The number of methoxy groups -OCH3 is 1. The van der Waals surface area contributed by atoms with E-state index in [4.69, 9.17) is 9.57 Å². The zero-order chi connectivity index (χ0) is 18.3. The number of hydrogen-bond donors (Lipinski definition) is 0. The Hall–Kier alpha value is -2.31.